The van der Waals surface area contributed by atoms with E-state index < -0.39 is 10.0 Å². The van der Waals surface area contributed by atoms with E-state index in [0.29, 0.717) is 31.0 Å². The molecule has 0 radical (unpaired) electrons. The molecule has 164 valence electrons. The van der Waals surface area contributed by atoms with E-state index in [1.165, 1.54) is 4.31 Å². The fraction of sp³-hybridized carbons (Fsp3) is 0.500. The molecule has 1 amide bonds. The Labute approximate surface area is 179 Å². The van der Waals surface area contributed by atoms with Crippen LogP contribution in [0.15, 0.2) is 35.2 Å². The van der Waals surface area contributed by atoms with E-state index in [9.17, 15) is 13.2 Å². The van der Waals surface area contributed by atoms with Crippen LogP contribution >= 0.6 is 0 Å². The molecule has 1 aliphatic rings. The lowest BCUT2D eigenvalue weighted by Crippen LogP contribution is -2.50. The molecule has 1 saturated heterocycles. The predicted octanol–water partition coefficient (Wildman–Crippen LogP) is 3.23. The number of benzene rings is 1. The van der Waals surface area contributed by atoms with Crippen molar-refractivity contribution in [3.63, 3.8) is 0 Å². The first kappa shape index (κ1) is 22.4. The van der Waals surface area contributed by atoms with Gasteiger partial charge in [0.1, 0.15) is 5.75 Å². The van der Waals surface area contributed by atoms with Gasteiger partial charge in [-0.1, -0.05) is 0 Å². The number of piperazine rings is 1. The fourth-order valence-corrected chi connectivity index (χ4v) is 5.54. The molecule has 0 spiro atoms. The number of hydrogen-bond acceptors (Lipinski definition) is 4. The fourth-order valence-electron chi connectivity index (χ4n) is 4.11. The van der Waals surface area contributed by atoms with Gasteiger partial charge in [0.25, 0.3) is 5.91 Å². The van der Waals surface area contributed by atoms with Crippen molar-refractivity contribution in [2.45, 2.75) is 45.6 Å². The third-order valence-electron chi connectivity index (χ3n) is 5.53. The molecule has 8 heteroatoms. The summed E-state index contributed by atoms with van der Waals surface area (Å²) in [4.78, 5) is 15.1. The SMILES string of the molecule is CCOc1ccc(S(=O)(=O)N2CCN(C(=O)c3cc(C)n(C(C)C)c3C)CC2)cc1. The van der Waals surface area contributed by atoms with E-state index in [0.717, 1.165) is 11.4 Å². The van der Waals surface area contributed by atoms with Crippen LogP contribution in [0, 0.1) is 13.8 Å². The Balaban J connectivity index is 1.70. The second-order valence-corrected chi connectivity index (χ2v) is 9.79. The lowest BCUT2D eigenvalue weighted by atomic mass is 10.2. The molecule has 1 aromatic carbocycles. The third-order valence-corrected chi connectivity index (χ3v) is 7.44. The zero-order valence-corrected chi connectivity index (χ0v) is 19.2. The molecule has 0 bridgehead atoms. The van der Waals surface area contributed by atoms with Crippen LogP contribution in [0.25, 0.3) is 0 Å². The van der Waals surface area contributed by atoms with Crippen molar-refractivity contribution in [2.24, 2.45) is 0 Å². The van der Waals surface area contributed by atoms with Gasteiger partial charge in [-0.3, -0.25) is 4.79 Å². The minimum atomic E-state index is -3.59. The normalized spacial score (nSPS) is 15.6. The highest BCUT2D eigenvalue weighted by molar-refractivity contribution is 7.89. The van der Waals surface area contributed by atoms with Gasteiger partial charge < -0.3 is 14.2 Å². The molecule has 1 fully saturated rings. The van der Waals surface area contributed by atoms with Crippen LogP contribution in [0.5, 0.6) is 5.75 Å². The highest BCUT2D eigenvalue weighted by atomic mass is 32.2. The maximum Gasteiger partial charge on any atom is 0.255 e. The van der Waals surface area contributed by atoms with Gasteiger partial charge in [0.05, 0.1) is 17.1 Å². The van der Waals surface area contributed by atoms with E-state index >= 15 is 0 Å². The topological polar surface area (TPSA) is 71.9 Å². The van der Waals surface area contributed by atoms with Gasteiger partial charge in [-0.2, -0.15) is 4.31 Å². The van der Waals surface area contributed by atoms with Crippen molar-refractivity contribution in [1.82, 2.24) is 13.8 Å². The maximum absolute atomic E-state index is 13.1. The first-order valence-electron chi connectivity index (χ1n) is 10.4. The second kappa shape index (κ2) is 8.81. The van der Waals surface area contributed by atoms with Crippen LogP contribution in [-0.4, -0.2) is 60.9 Å². The van der Waals surface area contributed by atoms with Gasteiger partial charge in [0.15, 0.2) is 0 Å². The number of aryl methyl sites for hydroxylation is 1. The molecule has 0 N–H and O–H groups in total. The van der Waals surface area contributed by atoms with E-state index in [4.69, 9.17) is 4.74 Å². The van der Waals surface area contributed by atoms with Crippen LogP contribution < -0.4 is 4.74 Å². The summed E-state index contributed by atoms with van der Waals surface area (Å²) in [6, 6.07) is 8.68. The Hall–Kier alpha value is -2.32. The average Bonchev–Trinajstić information content (AvgIpc) is 3.02. The minimum Gasteiger partial charge on any atom is -0.494 e. The Bertz CT molecular complexity index is 1000. The Kier molecular flexibility index (Phi) is 6.57. The number of sulfonamides is 1. The Morgan fingerprint density at radius 3 is 2.17 bits per heavy atom. The van der Waals surface area contributed by atoms with E-state index in [1.807, 2.05) is 26.8 Å². The molecule has 2 aromatic rings. The van der Waals surface area contributed by atoms with Crippen LogP contribution in [0.2, 0.25) is 0 Å². The molecule has 7 nitrogen and oxygen atoms in total. The summed E-state index contributed by atoms with van der Waals surface area (Å²) in [5.41, 5.74) is 2.71. The van der Waals surface area contributed by atoms with Crippen molar-refractivity contribution < 1.29 is 17.9 Å². The van der Waals surface area contributed by atoms with E-state index in [1.54, 1.807) is 29.2 Å². The van der Waals surface area contributed by atoms with Crippen molar-refractivity contribution >= 4 is 15.9 Å². The smallest absolute Gasteiger partial charge is 0.255 e. The molecule has 0 saturated carbocycles. The molecule has 0 unspecified atom stereocenters. The Morgan fingerprint density at radius 1 is 1.07 bits per heavy atom. The molecule has 2 heterocycles. The summed E-state index contributed by atoms with van der Waals surface area (Å²) in [5.74, 6) is 0.610. The lowest BCUT2D eigenvalue weighted by Gasteiger charge is -2.34. The average molecular weight is 434 g/mol. The first-order valence-corrected chi connectivity index (χ1v) is 11.8. The minimum absolute atomic E-state index is 0.0342. The number of carbonyl (C=O) groups is 1. The standard InChI is InChI=1S/C22H31N3O4S/c1-6-29-19-7-9-20(10-8-19)30(27,28)24-13-11-23(12-14-24)22(26)21-15-17(4)25(16(2)3)18(21)5/h7-10,15-16H,6,11-14H2,1-5H3. The molecular formula is C22H31N3O4S. The number of nitrogens with zero attached hydrogens (tertiary/aromatic N) is 3. The summed E-state index contributed by atoms with van der Waals surface area (Å²) in [6.45, 7) is 11.9. The number of carbonyl (C=O) groups excluding carboxylic acids is 1. The van der Waals surface area contributed by atoms with Gasteiger partial charge in [-0.05, 0) is 65.0 Å². The summed E-state index contributed by atoms with van der Waals surface area (Å²) in [6.07, 6.45) is 0. The first-order chi connectivity index (χ1) is 14.2. The van der Waals surface area contributed by atoms with Crippen LogP contribution in [0.1, 0.15) is 48.6 Å². The van der Waals surface area contributed by atoms with Crippen LogP contribution in [-0.2, 0) is 10.0 Å². The molecule has 30 heavy (non-hydrogen) atoms. The number of aromatic nitrogens is 1. The van der Waals surface area contributed by atoms with Gasteiger partial charge in [-0.15, -0.1) is 0 Å². The summed E-state index contributed by atoms with van der Waals surface area (Å²) in [7, 11) is -3.59. The molecular weight excluding hydrogens is 402 g/mol. The number of amides is 1. The highest BCUT2D eigenvalue weighted by Gasteiger charge is 2.31. The van der Waals surface area contributed by atoms with Gasteiger partial charge in [0, 0.05) is 43.6 Å². The molecule has 1 aromatic heterocycles. The summed E-state index contributed by atoms with van der Waals surface area (Å²) in [5, 5.41) is 0. The van der Waals surface area contributed by atoms with E-state index in [-0.39, 0.29) is 29.9 Å². The number of hydrogen-bond donors (Lipinski definition) is 0. The van der Waals surface area contributed by atoms with Crippen molar-refractivity contribution in [3.05, 3.63) is 47.3 Å². The second-order valence-electron chi connectivity index (χ2n) is 7.85. The summed E-state index contributed by atoms with van der Waals surface area (Å²) >= 11 is 0. The zero-order valence-electron chi connectivity index (χ0n) is 18.4. The van der Waals surface area contributed by atoms with E-state index in [2.05, 4.69) is 18.4 Å². The van der Waals surface area contributed by atoms with Gasteiger partial charge in [-0.25, -0.2) is 8.42 Å². The lowest BCUT2D eigenvalue weighted by molar-refractivity contribution is 0.0697. The highest BCUT2D eigenvalue weighted by Crippen LogP contribution is 2.24. The van der Waals surface area contributed by atoms with Crippen LogP contribution in [0.3, 0.4) is 0 Å². The molecule has 3 rings (SSSR count). The largest absolute Gasteiger partial charge is 0.494 e. The number of ether oxygens (including phenoxy) is 1. The van der Waals surface area contributed by atoms with Gasteiger partial charge in [0.2, 0.25) is 10.0 Å². The third kappa shape index (κ3) is 4.25. The van der Waals surface area contributed by atoms with Gasteiger partial charge >= 0.3 is 0 Å². The van der Waals surface area contributed by atoms with Crippen LogP contribution in [0.4, 0.5) is 0 Å². The van der Waals surface area contributed by atoms with Crippen molar-refractivity contribution in [2.75, 3.05) is 32.8 Å². The van der Waals surface area contributed by atoms with Crippen molar-refractivity contribution in [3.8, 4) is 5.75 Å². The zero-order chi connectivity index (χ0) is 22.1. The Morgan fingerprint density at radius 2 is 1.67 bits per heavy atom. The molecule has 0 atom stereocenters. The number of rotatable bonds is 6. The predicted molar refractivity (Wildman–Crippen MR) is 117 cm³/mol. The summed E-state index contributed by atoms with van der Waals surface area (Å²) < 4.78 is 34.9. The maximum atomic E-state index is 13.1. The molecule has 0 aliphatic carbocycles. The van der Waals surface area contributed by atoms with Crippen molar-refractivity contribution in [1.29, 1.82) is 0 Å². The quantitative estimate of drug-likeness (QED) is 0.701. The monoisotopic (exact) mass is 433 g/mol. The molecule has 1 aliphatic heterocycles.